The minimum Gasteiger partial charge on any atom is -0.497 e. The molecule has 158 valence electrons. The van der Waals surface area contributed by atoms with Gasteiger partial charge in [0, 0.05) is 18.3 Å². The average molecular weight is 397 g/mol. The van der Waals surface area contributed by atoms with Crippen LogP contribution in [-0.4, -0.2) is 18.7 Å². The van der Waals surface area contributed by atoms with Crippen LogP contribution in [0.25, 0.3) is 0 Å². The Morgan fingerprint density at radius 3 is 2.79 bits per heavy atom. The van der Waals surface area contributed by atoms with Gasteiger partial charge in [-0.25, -0.2) is 0 Å². The maximum atomic E-state index is 13.1. The number of benzene rings is 1. The van der Waals surface area contributed by atoms with Crippen molar-refractivity contribution in [3.8, 4) is 5.75 Å². The quantitative estimate of drug-likeness (QED) is 0.540. The number of carbonyl (C=O) groups excluding carboxylic acids is 2. The van der Waals surface area contributed by atoms with E-state index in [0.29, 0.717) is 41.7 Å². The smallest absolute Gasteiger partial charge is 0.139 e. The molecule has 4 rings (SSSR count). The van der Waals surface area contributed by atoms with Crippen molar-refractivity contribution in [2.75, 3.05) is 7.11 Å². The van der Waals surface area contributed by atoms with Crippen LogP contribution in [0.1, 0.15) is 88.7 Å². The normalized spacial score (nSPS) is 33.0. The molecule has 0 saturated heterocycles. The molecule has 3 nitrogen and oxygen atoms in total. The van der Waals surface area contributed by atoms with Gasteiger partial charge in [0.1, 0.15) is 17.3 Å². The van der Waals surface area contributed by atoms with Gasteiger partial charge in [-0.05, 0) is 92.4 Å². The second-order valence-electron chi connectivity index (χ2n) is 10.0. The third-order valence-electron chi connectivity index (χ3n) is 8.38. The molecule has 0 amide bonds. The van der Waals surface area contributed by atoms with Gasteiger partial charge in [-0.2, -0.15) is 0 Å². The number of methoxy groups -OCH3 is 1. The number of unbranched alkanes of at least 4 members (excludes halogenated alkanes) is 2. The van der Waals surface area contributed by atoms with Crippen molar-refractivity contribution in [2.45, 2.75) is 84.0 Å². The monoisotopic (exact) mass is 396 g/mol. The van der Waals surface area contributed by atoms with E-state index in [2.05, 4.69) is 25.1 Å². The summed E-state index contributed by atoms with van der Waals surface area (Å²) in [5, 5.41) is 0. The van der Waals surface area contributed by atoms with Gasteiger partial charge in [-0.15, -0.1) is 0 Å². The number of fused-ring (bicyclic) bond motifs is 5. The van der Waals surface area contributed by atoms with E-state index in [-0.39, 0.29) is 5.41 Å². The van der Waals surface area contributed by atoms with E-state index >= 15 is 0 Å². The lowest BCUT2D eigenvalue weighted by Crippen LogP contribution is -2.44. The topological polar surface area (TPSA) is 43.4 Å². The van der Waals surface area contributed by atoms with E-state index in [4.69, 9.17) is 4.74 Å². The van der Waals surface area contributed by atoms with Crippen LogP contribution < -0.4 is 4.74 Å². The Bertz CT molecular complexity index is 782. The van der Waals surface area contributed by atoms with Crippen molar-refractivity contribution < 1.29 is 14.3 Å². The van der Waals surface area contributed by atoms with Gasteiger partial charge in [-0.1, -0.05) is 25.8 Å². The third kappa shape index (κ3) is 3.78. The molecule has 0 heterocycles. The van der Waals surface area contributed by atoms with Crippen molar-refractivity contribution >= 4 is 11.6 Å². The molecule has 3 aliphatic rings. The highest BCUT2D eigenvalue weighted by atomic mass is 16.5. The molecule has 0 bridgehead atoms. The molecule has 3 heteroatoms. The van der Waals surface area contributed by atoms with Crippen LogP contribution in [0.15, 0.2) is 18.2 Å². The van der Waals surface area contributed by atoms with Crippen LogP contribution >= 0.6 is 0 Å². The van der Waals surface area contributed by atoms with Crippen molar-refractivity contribution in [1.82, 2.24) is 0 Å². The van der Waals surface area contributed by atoms with Crippen LogP contribution in [-0.2, 0) is 16.0 Å². The summed E-state index contributed by atoms with van der Waals surface area (Å²) >= 11 is 0. The summed E-state index contributed by atoms with van der Waals surface area (Å²) in [5.74, 6) is 4.10. The number of Topliss-reactive ketones (excluding diaryl/α,β-unsaturated/α-hetero) is 2. The molecular formula is C26H36O3. The molecule has 0 radical (unpaired) electrons. The second kappa shape index (κ2) is 8.24. The van der Waals surface area contributed by atoms with E-state index in [1.807, 2.05) is 0 Å². The minimum absolute atomic E-state index is 0.102. The van der Waals surface area contributed by atoms with E-state index in [1.54, 1.807) is 14.0 Å². The summed E-state index contributed by atoms with van der Waals surface area (Å²) in [6.45, 7) is 3.95. The Labute approximate surface area is 175 Å². The van der Waals surface area contributed by atoms with Gasteiger partial charge < -0.3 is 9.53 Å². The Morgan fingerprint density at radius 1 is 1.21 bits per heavy atom. The molecule has 29 heavy (non-hydrogen) atoms. The van der Waals surface area contributed by atoms with E-state index < -0.39 is 0 Å². The molecule has 1 aromatic rings. The van der Waals surface area contributed by atoms with Gasteiger partial charge in [0.05, 0.1) is 7.11 Å². The molecule has 0 aromatic heterocycles. The standard InChI is InChI=1S/C26H36O3/c1-17(27)7-5-4-6-8-19-16-24(28)26(2)14-13-22-21-12-10-20(29-3)15-18(21)9-11-23(22)25(19)26/h10,12,15,19,22-23,25H,4-9,11,13-14,16H2,1-3H3. The highest BCUT2D eigenvalue weighted by Gasteiger charge is 2.58. The minimum atomic E-state index is -0.102. The SMILES string of the molecule is COc1ccc2c(c1)CCC1C2CCC2(C)C(=O)CC(CCCCCC(C)=O)C12. The number of ketones is 2. The van der Waals surface area contributed by atoms with E-state index in [1.165, 1.54) is 17.5 Å². The lowest BCUT2D eigenvalue weighted by atomic mass is 9.54. The summed E-state index contributed by atoms with van der Waals surface area (Å²) in [4.78, 5) is 24.2. The first-order valence-electron chi connectivity index (χ1n) is 11.6. The Morgan fingerprint density at radius 2 is 2.03 bits per heavy atom. The predicted molar refractivity (Wildman–Crippen MR) is 115 cm³/mol. The summed E-state index contributed by atoms with van der Waals surface area (Å²) in [6.07, 6.45) is 10.4. The highest BCUT2D eigenvalue weighted by Crippen LogP contribution is 2.62. The van der Waals surface area contributed by atoms with Crippen molar-refractivity contribution in [3.63, 3.8) is 0 Å². The van der Waals surface area contributed by atoms with Crippen LogP contribution in [0.2, 0.25) is 0 Å². The van der Waals surface area contributed by atoms with Gasteiger partial charge in [0.2, 0.25) is 0 Å². The highest BCUT2D eigenvalue weighted by molar-refractivity contribution is 5.87. The molecule has 2 fully saturated rings. The maximum Gasteiger partial charge on any atom is 0.139 e. The number of rotatable bonds is 7. The Kier molecular flexibility index (Phi) is 5.86. The van der Waals surface area contributed by atoms with Crippen LogP contribution in [0.4, 0.5) is 0 Å². The molecule has 0 aliphatic heterocycles. The van der Waals surface area contributed by atoms with E-state index in [9.17, 15) is 9.59 Å². The van der Waals surface area contributed by atoms with Crippen LogP contribution in [0.5, 0.6) is 5.75 Å². The fourth-order valence-electron chi connectivity index (χ4n) is 6.97. The first kappa shape index (κ1) is 20.6. The molecule has 2 saturated carbocycles. The second-order valence-corrected chi connectivity index (χ2v) is 10.0. The molecule has 0 spiro atoms. The number of ether oxygens (including phenoxy) is 1. The Balaban J connectivity index is 1.50. The zero-order valence-corrected chi connectivity index (χ0v) is 18.3. The fourth-order valence-corrected chi connectivity index (χ4v) is 6.97. The summed E-state index contributed by atoms with van der Waals surface area (Å²) in [6, 6.07) is 6.63. The molecule has 5 atom stereocenters. The lowest BCUT2D eigenvalue weighted by Gasteiger charge is -2.50. The number of hydrogen-bond acceptors (Lipinski definition) is 3. The van der Waals surface area contributed by atoms with Gasteiger partial charge in [0.15, 0.2) is 0 Å². The first-order valence-corrected chi connectivity index (χ1v) is 11.6. The number of aryl methyl sites for hydroxylation is 1. The molecule has 3 aliphatic carbocycles. The summed E-state index contributed by atoms with van der Waals surface area (Å²) in [5.41, 5.74) is 2.87. The van der Waals surface area contributed by atoms with Crippen molar-refractivity contribution in [1.29, 1.82) is 0 Å². The van der Waals surface area contributed by atoms with Crippen LogP contribution in [0.3, 0.4) is 0 Å². The van der Waals surface area contributed by atoms with Gasteiger partial charge >= 0.3 is 0 Å². The average Bonchev–Trinajstić information content (AvgIpc) is 2.97. The molecule has 1 aromatic carbocycles. The van der Waals surface area contributed by atoms with Gasteiger partial charge in [-0.3, -0.25) is 4.79 Å². The van der Waals surface area contributed by atoms with Crippen LogP contribution in [0, 0.1) is 23.2 Å². The number of hydrogen-bond donors (Lipinski definition) is 0. The Hall–Kier alpha value is -1.64. The molecular weight excluding hydrogens is 360 g/mol. The molecule has 0 N–H and O–H groups in total. The zero-order chi connectivity index (χ0) is 20.6. The van der Waals surface area contributed by atoms with Crippen molar-refractivity contribution in [3.05, 3.63) is 29.3 Å². The summed E-state index contributed by atoms with van der Waals surface area (Å²) in [7, 11) is 1.74. The predicted octanol–water partition coefficient (Wildman–Crippen LogP) is 5.89. The summed E-state index contributed by atoms with van der Waals surface area (Å²) < 4.78 is 5.45. The largest absolute Gasteiger partial charge is 0.497 e. The molecule has 5 unspecified atom stereocenters. The third-order valence-corrected chi connectivity index (χ3v) is 8.38. The van der Waals surface area contributed by atoms with Gasteiger partial charge in [0.25, 0.3) is 0 Å². The van der Waals surface area contributed by atoms with Crippen molar-refractivity contribution in [2.24, 2.45) is 23.2 Å². The maximum absolute atomic E-state index is 13.1. The fraction of sp³-hybridized carbons (Fsp3) is 0.692. The first-order chi connectivity index (χ1) is 13.9. The zero-order valence-electron chi connectivity index (χ0n) is 18.3. The van der Waals surface area contributed by atoms with E-state index in [0.717, 1.165) is 57.1 Å². The lowest BCUT2D eigenvalue weighted by molar-refractivity contribution is -0.129. The number of carbonyl (C=O) groups is 2.